The van der Waals surface area contributed by atoms with Gasteiger partial charge in [-0.1, -0.05) is 121 Å². The van der Waals surface area contributed by atoms with Gasteiger partial charge in [0.15, 0.2) is 0 Å². The van der Waals surface area contributed by atoms with Crippen LogP contribution in [0.1, 0.15) is 45.2 Å². The number of nitrogens with zero attached hydrogens (tertiary/aromatic N) is 2. The molecule has 0 aliphatic carbocycles. The van der Waals surface area contributed by atoms with Crippen LogP contribution in [0.15, 0.2) is 158 Å². The van der Waals surface area contributed by atoms with Gasteiger partial charge in [-0.3, -0.25) is 0 Å². The Hall–Kier alpha value is -5.28. The molecule has 224 valence electrons. The van der Waals surface area contributed by atoms with Gasteiger partial charge >= 0.3 is 0 Å². The van der Waals surface area contributed by atoms with Gasteiger partial charge in [0, 0.05) is 62.8 Å². The van der Waals surface area contributed by atoms with Crippen LogP contribution in [0.5, 0.6) is 0 Å². The van der Waals surface area contributed by atoms with Crippen LogP contribution in [-0.2, 0) is 0 Å². The van der Waals surface area contributed by atoms with E-state index >= 15 is 0 Å². The molecule has 0 aromatic heterocycles. The summed E-state index contributed by atoms with van der Waals surface area (Å²) in [6.07, 6.45) is 0. The molecular formula is C42H41N3. The Labute approximate surface area is 268 Å². The summed E-state index contributed by atoms with van der Waals surface area (Å²) >= 11 is 0. The first-order valence-corrected chi connectivity index (χ1v) is 15.6. The molecule has 0 amide bonds. The van der Waals surface area contributed by atoms with Crippen LogP contribution in [-0.4, -0.2) is 28.2 Å². The Balaban J connectivity index is 1.45. The Bertz CT molecular complexity index is 1600. The molecule has 0 heterocycles. The summed E-state index contributed by atoms with van der Waals surface area (Å²) in [5.74, 6) is 0.192. The summed E-state index contributed by atoms with van der Waals surface area (Å²) in [4.78, 5) is 4.43. The van der Waals surface area contributed by atoms with E-state index < -0.39 is 0 Å². The molecule has 6 rings (SSSR count). The molecule has 0 fully saturated rings. The SMILES string of the molecule is CN(C)c1ccc(Nc2ccc(N(C)C)c(C(c3ccccc3)c3ccccc3)c2)cc1C(c1ccccc1)c1ccccc1. The predicted octanol–water partition coefficient (Wildman–Crippen LogP) is 9.92. The average Bonchev–Trinajstić information content (AvgIpc) is 3.07. The van der Waals surface area contributed by atoms with Crippen molar-refractivity contribution in [1.29, 1.82) is 0 Å². The molecule has 0 aliphatic rings. The van der Waals surface area contributed by atoms with E-state index in [-0.39, 0.29) is 11.8 Å². The van der Waals surface area contributed by atoms with Crippen LogP contribution in [0.4, 0.5) is 22.7 Å². The van der Waals surface area contributed by atoms with Gasteiger partial charge in [-0.2, -0.15) is 0 Å². The van der Waals surface area contributed by atoms with Crippen LogP contribution < -0.4 is 15.1 Å². The summed E-state index contributed by atoms with van der Waals surface area (Å²) < 4.78 is 0. The van der Waals surface area contributed by atoms with Crippen molar-refractivity contribution in [3.8, 4) is 0 Å². The second kappa shape index (κ2) is 13.6. The summed E-state index contributed by atoms with van der Waals surface area (Å²) in [7, 11) is 8.49. The van der Waals surface area contributed by atoms with Gasteiger partial charge in [-0.05, 0) is 69.8 Å². The van der Waals surface area contributed by atoms with Gasteiger partial charge in [-0.15, -0.1) is 0 Å². The largest absolute Gasteiger partial charge is 0.377 e. The van der Waals surface area contributed by atoms with Crippen LogP contribution >= 0.6 is 0 Å². The zero-order valence-corrected chi connectivity index (χ0v) is 26.6. The van der Waals surface area contributed by atoms with Gasteiger partial charge in [0.2, 0.25) is 0 Å². The Morgan fingerprint density at radius 1 is 0.378 bits per heavy atom. The Morgan fingerprint density at radius 2 is 0.667 bits per heavy atom. The molecule has 0 spiro atoms. The van der Waals surface area contributed by atoms with Gasteiger partial charge < -0.3 is 15.1 Å². The topological polar surface area (TPSA) is 18.5 Å². The van der Waals surface area contributed by atoms with E-state index in [0.717, 1.165) is 11.4 Å². The molecule has 0 atom stereocenters. The maximum absolute atomic E-state index is 3.80. The first-order chi connectivity index (χ1) is 22.0. The average molecular weight is 588 g/mol. The minimum Gasteiger partial charge on any atom is -0.377 e. The maximum Gasteiger partial charge on any atom is 0.0404 e. The fourth-order valence-electron chi connectivity index (χ4n) is 6.39. The standard InChI is InChI=1S/C42H41N3/c1-44(2)39-27-25-35(29-37(39)41(31-17-9-5-10-18-31)32-19-11-6-12-20-32)43-36-26-28-40(45(3)4)38(30-36)42(33-21-13-7-14-22-33)34-23-15-8-16-24-34/h5-30,41-43H,1-4H3. The molecule has 6 aromatic rings. The Kier molecular flexibility index (Phi) is 8.98. The van der Waals surface area contributed by atoms with Gasteiger partial charge in [0.25, 0.3) is 0 Å². The fourth-order valence-corrected chi connectivity index (χ4v) is 6.39. The van der Waals surface area contributed by atoms with Crippen LogP contribution in [0.3, 0.4) is 0 Å². The van der Waals surface area contributed by atoms with Crippen molar-refractivity contribution < 1.29 is 0 Å². The number of rotatable bonds is 10. The van der Waals surface area contributed by atoms with E-state index in [9.17, 15) is 0 Å². The molecular weight excluding hydrogens is 546 g/mol. The third-order valence-electron chi connectivity index (χ3n) is 8.46. The molecule has 0 saturated carbocycles. The third kappa shape index (κ3) is 6.63. The van der Waals surface area contributed by atoms with Crippen LogP contribution in [0, 0.1) is 0 Å². The van der Waals surface area contributed by atoms with Gasteiger partial charge in [0.05, 0.1) is 0 Å². The predicted molar refractivity (Wildman–Crippen MR) is 192 cm³/mol. The van der Waals surface area contributed by atoms with Crippen molar-refractivity contribution >= 4 is 22.7 Å². The second-order valence-electron chi connectivity index (χ2n) is 12.0. The second-order valence-corrected chi connectivity index (χ2v) is 12.0. The highest BCUT2D eigenvalue weighted by atomic mass is 15.1. The summed E-state index contributed by atoms with van der Waals surface area (Å²) in [6.45, 7) is 0. The molecule has 0 radical (unpaired) electrons. The molecule has 6 aromatic carbocycles. The lowest BCUT2D eigenvalue weighted by Crippen LogP contribution is -2.15. The number of nitrogens with one attached hydrogen (secondary N) is 1. The van der Waals surface area contributed by atoms with E-state index in [1.165, 1.54) is 44.8 Å². The van der Waals surface area contributed by atoms with Crippen molar-refractivity contribution in [3.05, 3.63) is 191 Å². The quantitative estimate of drug-likeness (QED) is 0.161. The summed E-state index contributed by atoms with van der Waals surface area (Å²) in [6, 6.07) is 56.8. The van der Waals surface area contributed by atoms with Crippen molar-refractivity contribution in [2.45, 2.75) is 11.8 Å². The highest BCUT2D eigenvalue weighted by Gasteiger charge is 2.23. The summed E-state index contributed by atoms with van der Waals surface area (Å²) in [5.41, 5.74) is 12.2. The van der Waals surface area contributed by atoms with E-state index in [2.05, 4.69) is 201 Å². The zero-order valence-electron chi connectivity index (χ0n) is 26.6. The lowest BCUT2D eigenvalue weighted by atomic mass is 9.83. The molecule has 0 unspecified atom stereocenters. The van der Waals surface area contributed by atoms with Gasteiger partial charge in [-0.25, -0.2) is 0 Å². The molecule has 1 N–H and O–H groups in total. The minimum absolute atomic E-state index is 0.0961. The van der Waals surface area contributed by atoms with E-state index in [0.29, 0.717) is 0 Å². The van der Waals surface area contributed by atoms with Crippen molar-refractivity contribution in [3.63, 3.8) is 0 Å². The maximum atomic E-state index is 3.80. The van der Waals surface area contributed by atoms with Crippen molar-refractivity contribution in [1.82, 2.24) is 0 Å². The molecule has 3 heteroatoms. The van der Waals surface area contributed by atoms with E-state index in [4.69, 9.17) is 0 Å². The molecule has 0 aliphatic heterocycles. The highest BCUT2D eigenvalue weighted by Crippen LogP contribution is 2.41. The van der Waals surface area contributed by atoms with Crippen LogP contribution in [0.2, 0.25) is 0 Å². The number of hydrogen-bond donors (Lipinski definition) is 1. The van der Waals surface area contributed by atoms with E-state index in [1.54, 1.807) is 0 Å². The first kappa shape index (κ1) is 29.8. The third-order valence-corrected chi connectivity index (χ3v) is 8.46. The zero-order chi connectivity index (χ0) is 31.2. The van der Waals surface area contributed by atoms with Crippen molar-refractivity contribution in [2.24, 2.45) is 0 Å². The monoisotopic (exact) mass is 587 g/mol. The molecule has 0 saturated heterocycles. The first-order valence-electron chi connectivity index (χ1n) is 15.6. The van der Waals surface area contributed by atoms with Crippen LogP contribution in [0.25, 0.3) is 0 Å². The highest BCUT2D eigenvalue weighted by molar-refractivity contribution is 5.72. The number of benzene rings is 6. The molecule has 45 heavy (non-hydrogen) atoms. The number of anilines is 4. The molecule has 0 bridgehead atoms. The van der Waals surface area contributed by atoms with E-state index in [1.807, 2.05) is 0 Å². The van der Waals surface area contributed by atoms with Crippen molar-refractivity contribution in [2.75, 3.05) is 43.3 Å². The smallest absolute Gasteiger partial charge is 0.0404 e. The summed E-state index contributed by atoms with van der Waals surface area (Å²) in [5, 5.41) is 3.80. The Morgan fingerprint density at radius 3 is 0.933 bits per heavy atom. The minimum atomic E-state index is 0.0961. The van der Waals surface area contributed by atoms with Gasteiger partial charge in [0.1, 0.15) is 0 Å². The lowest BCUT2D eigenvalue weighted by Gasteiger charge is -2.27. The number of hydrogen-bond acceptors (Lipinski definition) is 3. The fraction of sp³-hybridized carbons (Fsp3) is 0.143. The lowest BCUT2D eigenvalue weighted by molar-refractivity contribution is 0.957. The normalized spacial score (nSPS) is 11.1. The molecule has 3 nitrogen and oxygen atoms in total.